The Bertz CT molecular complexity index is 612. The monoisotopic (exact) mass is 410 g/mol. The molecule has 0 bridgehead atoms. The van der Waals surface area contributed by atoms with E-state index in [9.17, 15) is 20.4 Å². The van der Waals surface area contributed by atoms with Gasteiger partial charge in [-0.15, -0.1) is 23.5 Å². The summed E-state index contributed by atoms with van der Waals surface area (Å²) in [4.78, 5) is 0. The Morgan fingerprint density at radius 1 is 0.741 bits per heavy atom. The van der Waals surface area contributed by atoms with E-state index in [0.29, 0.717) is 11.5 Å². The predicted octanol–water partition coefficient (Wildman–Crippen LogP) is 1.96. The van der Waals surface area contributed by atoms with Gasteiger partial charge in [0.2, 0.25) is 0 Å². The zero-order valence-electron chi connectivity index (χ0n) is 14.9. The first kappa shape index (κ1) is 22.2. The molecule has 2 aromatic rings. The number of thioether (sulfide) groups is 2. The third-order valence-corrected chi connectivity index (χ3v) is 6.95. The van der Waals surface area contributed by atoms with Crippen molar-refractivity contribution in [3.63, 3.8) is 0 Å². The van der Waals surface area contributed by atoms with Crippen molar-refractivity contribution in [2.24, 2.45) is 0 Å². The molecule has 0 saturated carbocycles. The van der Waals surface area contributed by atoms with Gasteiger partial charge >= 0.3 is 0 Å². The summed E-state index contributed by atoms with van der Waals surface area (Å²) in [6, 6.07) is 19.3. The van der Waals surface area contributed by atoms with E-state index in [-0.39, 0.29) is 6.42 Å². The highest BCUT2D eigenvalue weighted by Crippen LogP contribution is 2.42. The van der Waals surface area contributed by atoms with Crippen LogP contribution in [0.4, 0.5) is 0 Å². The Kier molecular flexibility index (Phi) is 9.11. The summed E-state index contributed by atoms with van der Waals surface area (Å²) in [6.45, 7) is -0.662. The molecule has 0 aliphatic heterocycles. The highest BCUT2D eigenvalue weighted by molar-refractivity contribution is 8.17. The lowest BCUT2D eigenvalue weighted by molar-refractivity contribution is -0.0847. The fourth-order valence-corrected chi connectivity index (χ4v) is 4.88. The molecule has 3 unspecified atom stereocenters. The molecule has 0 fully saturated rings. The van der Waals surface area contributed by atoms with Crippen LogP contribution in [0.15, 0.2) is 60.7 Å². The van der Waals surface area contributed by atoms with E-state index in [1.165, 1.54) is 23.5 Å². The number of hydrogen-bond acceptors (Lipinski definition) is 7. The predicted molar refractivity (Wildman–Crippen MR) is 110 cm³/mol. The van der Waals surface area contributed by atoms with Gasteiger partial charge in [-0.05, 0) is 11.1 Å². The molecule has 0 aliphatic carbocycles. The summed E-state index contributed by atoms with van der Waals surface area (Å²) < 4.78 is -1.37. The quantitative estimate of drug-likeness (QED) is 0.361. The van der Waals surface area contributed by atoms with Crippen molar-refractivity contribution >= 4 is 23.5 Å². The largest absolute Gasteiger partial charge is 0.394 e. The van der Waals surface area contributed by atoms with Crippen molar-refractivity contribution in [3.05, 3.63) is 71.8 Å². The average molecular weight is 411 g/mol. The Labute approximate surface area is 168 Å². The first-order chi connectivity index (χ1) is 12.9. The van der Waals surface area contributed by atoms with Gasteiger partial charge in [0.1, 0.15) is 12.2 Å². The first-order valence-electron chi connectivity index (χ1n) is 8.67. The maximum atomic E-state index is 11.1. The van der Waals surface area contributed by atoms with Crippen LogP contribution in [0.1, 0.15) is 17.5 Å². The van der Waals surface area contributed by atoms with Crippen molar-refractivity contribution in [2.75, 3.05) is 6.61 Å². The van der Waals surface area contributed by atoms with Crippen molar-refractivity contribution in [1.82, 2.24) is 0 Å². The minimum atomic E-state index is -1.53. The van der Waals surface area contributed by atoms with Crippen LogP contribution in [-0.4, -0.2) is 54.7 Å². The molecule has 27 heavy (non-hydrogen) atoms. The zero-order valence-corrected chi connectivity index (χ0v) is 16.5. The van der Waals surface area contributed by atoms with Crippen molar-refractivity contribution in [2.45, 2.75) is 40.5 Å². The second-order valence-corrected chi connectivity index (χ2v) is 9.04. The molecule has 3 atom stereocenters. The standard InChI is InChI=1S/C20H26O5S2/c21-12-18(23)19(24)17(22)11-20(25,26-13-15-7-3-1-4-8-15)27-14-16-9-5-2-6-10-16/h1-10,17-19,21-25H,11-14H2. The van der Waals surface area contributed by atoms with E-state index >= 15 is 0 Å². The molecule has 0 heterocycles. The lowest BCUT2D eigenvalue weighted by atomic mass is 10.1. The van der Waals surface area contributed by atoms with Crippen molar-refractivity contribution in [3.8, 4) is 0 Å². The maximum absolute atomic E-state index is 11.1. The molecule has 0 amide bonds. The molecule has 5 N–H and O–H groups in total. The Hall–Kier alpha value is -1.06. The van der Waals surface area contributed by atoms with Gasteiger partial charge in [-0.2, -0.15) is 0 Å². The SMILES string of the molecule is OCC(O)C(O)C(O)CC(O)(SCc1ccccc1)SCc1ccccc1. The van der Waals surface area contributed by atoms with Crippen molar-refractivity contribution in [1.29, 1.82) is 0 Å². The normalized spacial score (nSPS) is 15.3. The number of benzene rings is 2. The molecule has 7 heteroatoms. The third kappa shape index (κ3) is 7.46. The molecule has 0 aromatic heterocycles. The molecular weight excluding hydrogens is 384 g/mol. The summed E-state index contributed by atoms with van der Waals surface area (Å²) in [5.41, 5.74) is 2.07. The van der Waals surface area contributed by atoms with Gasteiger partial charge in [0.25, 0.3) is 0 Å². The van der Waals surface area contributed by atoms with E-state index in [1.54, 1.807) is 0 Å². The van der Waals surface area contributed by atoms with Gasteiger partial charge < -0.3 is 25.5 Å². The topological polar surface area (TPSA) is 101 Å². The van der Waals surface area contributed by atoms with Gasteiger partial charge in [0.05, 0.1) is 12.7 Å². The van der Waals surface area contributed by atoms with Gasteiger partial charge in [0, 0.05) is 17.9 Å². The zero-order chi connectivity index (χ0) is 19.7. The molecule has 148 valence electrons. The van der Waals surface area contributed by atoms with Crippen LogP contribution >= 0.6 is 23.5 Å². The maximum Gasteiger partial charge on any atom is 0.160 e. The summed E-state index contributed by atoms with van der Waals surface area (Å²) in [6.07, 6.45) is -4.51. The highest BCUT2D eigenvalue weighted by atomic mass is 32.2. The average Bonchev–Trinajstić information content (AvgIpc) is 2.71. The van der Waals surface area contributed by atoms with Crippen LogP contribution in [0.3, 0.4) is 0 Å². The number of aliphatic hydroxyl groups is 5. The summed E-state index contributed by atoms with van der Waals surface area (Å²) >= 11 is 2.53. The smallest absolute Gasteiger partial charge is 0.160 e. The Morgan fingerprint density at radius 2 is 1.19 bits per heavy atom. The summed E-state index contributed by atoms with van der Waals surface area (Å²) in [7, 11) is 0. The van der Waals surface area contributed by atoms with Crippen LogP contribution in [0.25, 0.3) is 0 Å². The minimum Gasteiger partial charge on any atom is -0.394 e. The van der Waals surface area contributed by atoms with E-state index in [1.807, 2.05) is 60.7 Å². The van der Waals surface area contributed by atoms with E-state index in [2.05, 4.69) is 0 Å². The molecule has 5 nitrogen and oxygen atoms in total. The summed E-state index contributed by atoms with van der Waals surface area (Å²) in [5.74, 6) is 1.06. The van der Waals surface area contributed by atoms with Crippen LogP contribution < -0.4 is 0 Å². The third-order valence-electron chi connectivity index (χ3n) is 4.06. The van der Waals surface area contributed by atoms with Gasteiger partial charge in [-0.3, -0.25) is 0 Å². The molecule has 0 spiro atoms. The van der Waals surface area contributed by atoms with Crippen LogP contribution in [0, 0.1) is 0 Å². The van der Waals surface area contributed by atoms with E-state index in [0.717, 1.165) is 11.1 Å². The molecule has 0 saturated heterocycles. The lowest BCUT2D eigenvalue weighted by Gasteiger charge is -2.32. The second kappa shape index (κ2) is 11.1. The lowest BCUT2D eigenvalue weighted by Crippen LogP contribution is -2.42. The Morgan fingerprint density at radius 3 is 1.59 bits per heavy atom. The van der Waals surface area contributed by atoms with Gasteiger partial charge in [0.15, 0.2) is 4.27 Å². The second-order valence-electron chi connectivity index (χ2n) is 6.27. The fourth-order valence-electron chi connectivity index (χ4n) is 2.45. The summed E-state index contributed by atoms with van der Waals surface area (Å²) in [5, 5.41) is 49.8. The van der Waals surface area contributed by atoms with Crippen LogP contribution in [0.5, 0.6) is 0 Å². The van der Waals surface area contributed by atoms with E-state index in [4.69, 9.17) is 5.11 Å². The number of aliphatic hydroxyl groups excluding tert-OH is 4. The molecular formula is C20H26O5S2. The fraction of sp³-hybridized carbons (Fsp3) is 0.400. The van der Waals surface area contributed by atoms with Gasteiger partial charge in [-0.1, -0.05) is 60.7 Å². The number of hydrogen-bond donors (Lipinski definition) is 5. The highest BCUT2D eigenvalue weighted by Gasteiger charge is 2.36. The molecule has 0 radical (unpaired) electrons. The Balaban J connectivity index is 2.05. The van der Waals surface area contributed by atoms with Crippen LogP contribution in [-0.2, 0) is 11.5 Å². The minimum absolute atomic E-state index is 0.153. The first-order valence-corrected chi connectivity index (χ1v) is 10.6. The molecule has 2 rings (SSSR count). The van der Waals surface area contributed by atoms with Crippen molar-refractivity contribution < 1.29 is 25.5 Å². The molecule has 2 aromatic carbocycles. The van der Waals surface area contributed by atoms with Gasteiger partial charge in [-0.25, -0.2) is 0 Å². The molecule has 0 aliphatic rings. The van der Waals surface area contributed by atoms with Crippen LogP contribution in [0.2, 0.25) is 0 Å². The number of rotatable bonds is 11. The van der Waals surface area contributed by atoms with E-state index < -0.39 is 29.2 Å².